The molecule has 0 aromatic heterocycles. The van der Waals surface area contributed by atoms with Gasteiger partial charge in [-0.2, -0.15) is 0 Å². The summed E-state index contributed by atoms with van der Waals surface area (Å²) in [6, 6.07) is -1.17. The Morgan fingerprint density at radius 3 is 2.69 bits per heavy atom. The molecule has 0 fully saturated rings. The highest BCUT2D eigenvalue weighted by atomic mass is 35.5. The molecule has 0 unspecified atom stereocenters. The Hall–Kier alpha value is -2.86. The third-order valence-electron chi connectivity index (χ3n) is 3.53. The van der Waals surface area contributed by atoms with Crippen LogP contribution in [0.1, 0.15) is 38.5 Å². The van der Waals surface area contributed by atoms with E-state index in [0.29, 0.717) is 0 Å². The predicted octanol–water partition coefficient (Wildman–Crippen LogP) is 4.44. The summed E-state index contributed by atoms with van der Waals surface area (Å²) in [5.74, 6) is -1.76. The summed E-state index contributed by atoms with van der Waals surface area (Å²) in [7, 11) is 0. The zero-order valence-electron chi connectivity index (χ0n) is 26.8. The number of anilines is 1. The smallest absolute Gasteiger partial charge is 0.335 e. The molecule has 3 aromatic carbocycles. The number of carboxylic acids is 1. The van der Waals surface area contributed by atoms with Gasteiger partial charge in [0.1, 0.15) is 0 Å². The lowest BCUT2D eigenvalue weighted by molar-refractivity contribution is 0.0697. The molecule has 0 amide bonds. The average molecular weight is 423 g/mol. The Morgan fingerprint density at radius 2 is 1.93 bits per heavy atom. The molecular weight excluding hydrogens is 388 g/mol. The fourth-order valence-corrected chi connectivity index (χ4v) is 2.39. The number of carbonyl (C=O) groups is 1. The Morgan fingerprint density at radius 1 is 1.17 bits per heavy atom. The normalized spacial score (nSPS) is 18.7. The van der Waals surface area contributed by atoms with E-state index in [1.807, 2.05) is 5.32 Å². The van der Waals surface area contributed by atoms with Crippen molar-refractivity contribution in [3.8, 4) is 11.1 Å². The minimum absolute atomic E-state index is 0.0563. The summed E-state index contributed by atoms with van der Waals surface area (Å²) in [6.45, 7) is -6.26. The minimum Gasteiger partial charge on any atom is -0.478 e. The van der Waals surface area contributed by atoms with Crippen LogP contribution in [0.3, 0.4) is 0 Å². The first kappa shape index (κ1) is 10.3. The monoisotopic (exact) mass is 422 g/mol. The molecule has 3 aromatic rings. The van der Waals surface area contributed by atoms with Crippen LogP contribution >= 0.6 is 11.6 Å². The summed E-state index contributed by atoms with van der Waals surface area (Å²) in [5.41, 5.74) is -2.81. The summed E-state index contributed by atoms with van der Waals surface area (Å²) >= 11 is 5.89. The van der Waals surface area contributed by atoms with Gasteiger partial charge in [-0.05, 0) is 53.0 Å². The number of rotatable bonds is 9. The summed E-state index contributed by atoms with van der Waals surface area (Å²) < 4.78 is 98.2. The van der Waals surface area contributed by atoms with E-state index in [2.05, 4.69) is 5.32 Å². The van der Waals surface area contributed by atoms with Crippen molar-refractivity contribution >= 4 is 23.3 Å². The summed E-state index contributed by atoms with van der Waals surface area (Å²) in [6.07, 6.45) is -1.86. The lowest BCUT2D eigenvalue weighted by Gasteiger charge is -2.13. The highest BCUT2D eigenvalue weighted by Gasteiger charge is 2.07. The lowest BCUT2D eigenvalue weighted by atomic mass is 10.0. The van der Waals surface area contributed by atoms with E-state index >= 15 is 0 Å². The Labute approximate surface area is 191 Å². The van der Waals surface area contributed by atoms with Gasteiger partial charge < -0.3 is 20.8 Å². The predicted molar refractivity (Wildman–Crippen MR) is 117 cm³/mol. The first-order valence-corrected chi connectivity index (χ1v) is 8.61. The highest BCUT2D eigenvalue weighted by Crippen LogP contribution is 2.23. The van der Waals surface area contributed by atoms with Crippen LogP contribution in [-0.4, -0.2) is 35.7 Å². The van der Waals surface area contributed by atoms with Gasteiger partial charge in [-0.25, -0.2) is 4.79 Å². The van der Waals surface area contributed by atoms with Gasteiger partial charge in [-0.3, -0.25) is 0 Å². The van der Waals surface area contributed by atoms with Crippen LogP contribution in [0.25, 0.3) is 11.1 Å². The van der Waals surface area contributed by atoms with Crippen molar-refractivity contribution in [1.29, 1.82) is 0 Å². The number of benzene rings is 3. The average Bonchev–Trinajstić information content (AvgIpc) is 2.86. The highest BCUT2D eigenvalue weighted by molar-refractivity contribution is 6.30. The molecule has 0 saturated heterocycles. The van der Waals surface area contributed by atoms with E-state index in [9.17, 15) is 15.0 Å². The molecule has 0 heterocycles. The van der Waals surface area contributed by atoms with E-state index in [1.165, 1.54) is 24.3 Å². The molecule has 6 heteroatoms. The maximum Gasteiger partial charge on any atom is 0.335 e. The van der Waals surface area contributed by atoms with Crippen LogP contribution < -0.4 is 10.6 Å². The van der Waals surface area contributed by atoms with Gasteiger partial charge in [-0.15, -0.1) is 0 Å². The molecule has 0 aliphatic carbocycles. The molecule has 0 bridgehead atoms. The topological polar surface area (TPSA) is 81.6 Å². The molecule has 29 heavy (non-hydrogen) atoms. The number of nitrogens with one attached hydrogen (secondary N) is 2. The second kappa shape index (κ2) is 10.1. The Balaban J connectivity index is 2.03. The maximum absolute atomic E-state index is 11.7. The number of halogens is 1. The van der Waals surface area contributed by atoms with E-state index < -0.39 is 102 Å². The molecule has 4 N–H and O–H groups in total. The molecule has 5 nitrogen and oxygen atoms in total. The molecule has 150 valence electrons. The van der Waals surface area contributed by atoms with Crippen molar-refractivity contribution in [2.45, 2.75) is 6.10 Å². The SMILES string of the molecule is [2H]c1c([2H])c(NCC([2H])([2H])NC([2H])([2H])[C@H](O)c2cccc(Cl)c2)c([2H])c(-c2c([2H])c([2H])c([2H])c(C(=O)O)c2[2H])c1[2H]. The van der Waals surface area contributed by atoms with Gasteiger partial charge in [-0.1, -0.05) is 47.9 Å². The second-order valence-electron chi connectivity index (χ2n) is 5.56. The Kier molecular flexibility index (Phi) is 3.56. The number of hydrogen-bond acceptors (Lipinski definition) is 4. The van der Waals surface area contributed by atoms with Gasteiger partial charge in [0, 0.05) is 35.7 Å². The van der Waals surface area contributed by atoms with Crippen molar-refractivity contribution < 1.29 is 31.5 Å². The number of hydrogen-bond donors (Lipinski definition) is 4. The zero-order valence-corrected chi connectivity index (χ0v) is 15.5. The molecule has 0 saturated carbocycles. The number of aromatic carboxylic acids is 1. The Bertz CT molecular complexity index is 1540. The molecule has 0 aliphatic rings. The maximum atomic E-state index is 11.7. The van der Waals surface area contributed by atoms with Crippen molar-refractivity contribution in [3.63, 3.8) is 0 Å². The van der Waals surface area contributed by atoms with Crippen molar-refractivity contribution in [2.75, 3.05) is 24.9 Å². The van der Waals surface area contributed by atoms with E-state index in [1.54, 1.807) is 0 Å². The van der Waals surface area contributed by atoms with Gasteiger partial charge in [0.15, 0.2) is 0 Å². The largest absolute Gasteiger partial charge is 0.478 e. The molecule has 1 atom stereocenters. The number of aliphatic hydroxyl groups is 1. The van der Waals surface area contributed by atoms with Gasteiger partial charge >= 0.3 is 5.97 Å². The first-order valence-electron chi connectivity index (χ1n) is 14.2. The van der Waals surface area contributed by atoms with Crippen LogP contribution in [0, 0.1) is 0 Å². The number of aliphatic hydroxyl groups excluding tert-OH is 1. The number of carboxylic acid groups (broad SMARTS) is 1. The minimum atomic E-state index is -2.75. The van der Waals surface area contributed by atoms with Crippen LogP contribution in [-0.2, 0) is 0 Å². The first-order chi connectivity index (χ1) is 18.8. The summed E-state index contributed by atoms with van der Waals surface area (Å²) in [4.78, 5) is 11.7. The second-order valence-corrected chi connectivity index (χ2v) is 6.00. The van der Waals surface area contributed by atoms with Crippen LogP contribution in [0.2, 0.25) is 5.02 Å². The van der Waals surface area contributed by atoms with Gasteiger partial charge in [0.25, 0.3) is 0 Å². The van der Waals surface area contributed by atoms with Crippen molar-refractivity contribution in [2.24, 2.45) is 0 Å². The van der Waals surface area contributed by atoms with E-state index in [0.717, 1.165) is 0 Å². The van der Waals surface area contributed by atoms with E-state index in [4.69, 9.17) is 28.1 Å². The van der Waals surface area contributed by atoms with Crippen LogP contribution in [0.5, 0.6) is 0 Å². The molecule has 0 radical (unpaired) electrons. The fraction of sp³-hybridized carbons (Fsp3) is 0.174. The molecule has 0 spiro atoms. The van der Waals surface area contributed by atoms with Crippen LogP contribution in [0.15, 0.2) is 72.6 Å². The third kappa shape index (κ3) is 6.06. The zero-order chi connectivity index (χ0) is 31.2. The molecule has 3 rings (SSSR count). The quantitative estimate of drug-likeness (QED) is 0.410. The van der Waals surface area contributed by atoms with Crippen molar-refractivity contribution in [1.82, 2.24) is 5.32 Å². The summed E-state index contributed by atoms with van der Waals surface area (Å²) in [5, 5.41) is 24.6. The van der Waals surface area contributed by atoms with Gasteiger partial charge in [0.2, 0.25) is 0 Å². The van der Waals surface area contributed by atoms with E-state index in [-0.39, 0.29) is 10.6 Å². The molecule has 0 aliphatic heterocycles. The van der Waals surface area contributed by atoms with Crippen LogP contribution in [0.4, 0.5) is 5.69 Å². The van der Waals surface area contributed by atoms with Gasteiger partial charge in [0.05, 0.1) is 22.6 Å². The standard InChI is InChI=1S/C23H23ClN2O3/c24-20-8-2-6-18(13-20)22(27)15-25-10-11-26-21-9-3-5-17(14-21)16-4-1-7-19(12-16)23(28)29/h1-9,12-14,22,25-27H,10-11,15H2,(H,28,29)/t22-/m0/s1/i1D,3D,4D,5D,7D,9D,10D2,12D,14D,15D2. The lowest BCUT2D eigenvalue weighted by Crippen LogP contribution is -2.26. The molecular formula is C23H23ClN2O3. The fourth-order valence-electron chi connectivity index (χ4n) is 2.19. The third-order valence-corrected chi connectivity index (χ3v) is 3.76. The van der Waals surface area contributed by atoms with Crippen molar-refractivity contribution in [3.05, 3.63) is 88.8 Å².